The lowest BCUT2D eigenvalue weighted by Gasteiger charge is -2.16. The van der Waals surface area contributed by atoms with Crippen LogP contribution in [0.5, 0.6) is 0 Å². The molecule has 0 unspecified atom stereocenters. The van der Waals surface area contributed by atoms with Gasteiger partial charge in [0.2, 0.25) is 0 Å². The molecule has 0 rings (SSSR count). The van der Waals surface area contributed by atoms with Crippen molar-refractivity contribution in [1.82, 2.24) is 0 Å². The van der Waals surface area contributed by atoms with Crippen molar-refractivity contribution >= 4 is 0 Å². The molecule has 0 heterocycles. The number of rotatable bonds is 11. The van der Waals surface area contributed by atoms with Crippen LogP contribution in [0.2, 0.25) is 0 Å². The second kappa shape index (κ2) is 11.9. The topological polar surface area (TPSA) is 47.9 Å². The van der Waals surface area contributed by atoms with Crippen LogP contribution in [0.4, 0.5) is 0 Å². The monoisotopic (exact) mass is 220 g/mol. The van der Waals surface area contributed by atoms with Crippen molar-refractivity contribution in [3.05, 3.63) is 0 Å². The summed E-state index contributed by atoms with van der Waals surface area (Å²) in [5.74, 6) is 0. The number of aliphatic hydroxyl groups excluding tert-OH is 1. The normalized spacial score (nSPS) is 11.2. The quantitative estimate of drug-likeness (QED) is 0.424. The van der Waals surface area contributed by atoms with Gasteiger partial charge in [0.15, 0.2) is 6.29 Å². The van der Waals surface area contributed by atoms with E-state index in [1.807, 2.05) is 13.8 Å². The maximum atomic E-state index is 8.56. The molecule has 0 bridgehead atoms. The van der Waals surface area contributed by atoms with E-state index in [0.29, 0.717) is 26.4 Å². The minimum atomic E-state index is -0.141. The van der Waals surface area contributed by atoms with E-state index in [9.17, 15) is 0 Å². The molecule has 4 heteroatoms. The number of aliphatic hydroxyl groups is 1. The molecule has 1 N–H and O–H groups in total. The summed E-state index contributed by atoms with van der Waals surface area (Å²) in [5, 5.41) is 8.56. The molecular formula is C11H24O4. The van der Waals surface area contributed by atoms with Crippen molar-refractivity contribution in [2.75, 3.05) is 33.0 Å². The van der Waals surface area contributed by atoms with Gasteiger partial charge >= 0.3 is 0 Å². The van der Waals surface area contributed by atoms with Crippen LogP contribution in [0.3, 0.4) is 0 Å². The third kappa shape index (κ3) is 10.1. The van der Waals surface area contributed by atoms with Gasteiger partial charge < -0.3 is 19.3 Å². The number of hydrogen-bond donors (Lipinski definition) is 1. The maximum Gasteiger partial charge on any atom is 0.159 e. The Bertz CT molecular complexity index is 113. The molecule has 0 saturated heterocycles. The van der Waals surface area contributed by atoms with E-state index in [4.69, 9.17) is 19.3 Å². The molecule has 0 fully saturated rings. The van der Waals surface area contributed by atoms with E-state index >= 15 is 0 Å². The standard InChI is InChI=1S/C11H24O4/c1-3-14-11(15-4-2)7-10-13-9-6-5-8-12/h11-12H,3-10H2,1-2H3. The summed E-state index contributed by atoms with van der Waals surface area (Å²) in [5.41, 5.74) is 0. The Kier molecular flexibility index (Phi) is 11.8. The van der Waals surface area contributed by atoms with Crippen LogP contribution in [0.25, 0.3) is 0 Å². The molecule has 15 heavy (non-hydrogen) atoms. The highest BCUT2D eigenvalue weighted by Gasteiger charge is 2.06. The molecule has 0 aliphatic heterocycles. The fourth-order valence-corrected chi connectivity index (χ4v) is 1.18. The average Bonchev–Trinajstić information content (AvgIpc) is 2.24. The van der Waals surface area contributed by atoms with Crippen molar-refractivity contribution in [2.45, 2.75) is 39.4 Å². The van der Waals surface area contributed by atoms with Crippen molar-refractivity contribution < 1.29 is 19.3 Å². The van der Waals surface area contributed by atoms with Crippen molar-refractivity contribution in [1.29, 1.82) is 0 Å². The highest BCUT2D eigenvalue weighted by Crippen LogP contribution is 2.01. The van der Waals surface area contributed by atoms with E-state index in [-0.39, 0.29) is 12.9 Å². The molecule has 0 atom stereocenters. The Hall–Kier alpha value is -0.160. The molecule has 0 radical (unpaired) electrons. The van der Waals surface area contributed by atoms with Gasteiger partial charge in [0, 0.05) is 32.8 Å². The second-order valence-corrected chi connectivity index (χ2v) is 3.17. The summed E-state index contributed by atoms with van der Waals surface area (Å²) in [6.07, 6.45) is 2.34. The maximum absolute atomic E-state index is 8.56. The number of unbranched alkanes of at least 4 members (excludes halogenated alkanes) is 1. The zero-order valence-electron chi connectivity index (χ0n) is 9.91. The number of ether oxygens (including phenoxy) is 3. The third-order valence-corrected chi connectivity index (χ3v) is 1.90. The van der Waals surface area contributed by atoms with Gasteiger partial charge in [0.05, 0.1) is 6.61 Å². The fraction of sp³-hybridized carbons (Fsp3) is 1.00. The van der Waals surface area contributed by atoms with E-state index in [2.05, 4.69) is 0 Å². The molecule has 0 spiro atoms. The van der Waals surface area contributed by atoms with E-state index in [1.165, 1.54) is 0 Å². The van der Waals surface area contributed by atoms with Gasteiger partial charge in [-0.25, -0.2) is 0 Å². The Labute approximate surface area is 92.5 Å². The summed E-state index contributed by atoms with van der Waals surface area (Å²) in [6, 6.07) is 0. The summed E-state index contributed by atoms with van der Waals surface area (Å²) in [4.78, 5) is 0. The first kappa shape index (κ1) is 14.8. The van der Waals surface area contributed by atoms with Gasteiger partial charge in [-0.1, -0.05) is 0 Å². The Morgan fingerprint density at radius 3 is 2.20 bits per heavy atom. The lowest BCUT2D eigenvalue weighted by molar-refractivity contribution is -0.146. The SMILES string of the molecule is CCOC(CCOCCCCO)OCC. The van der Waals surface area contributed by atoms with Crippen LogP contribution < -0.4 is 0 Å². The molecule has 4 nitrogen and oxygen atoms in total. The van der Waals surface area contributed by atoms with Crippen LogP contribution in [0, 0.1) is 0 Å². The smallest absolute Gasteiger partial charge is 0.159 e. The fourth-order valence-electron chi connectivity index (χ4n) is 1.18. The van der Waals surface area contributed by atoms with Crippen molar-refractivity contribution in [3.63, 3.8) is 0 Å². The second-order valence-electron chi connectivity index (χ2n) is 3.17. The molecule has 0 aromatic rings. The molecule has 0 aromatic carbocycles. The van der Waals surface area contributed by atoms with Crippen LogP contribution in [0.1, 0.15) is 33.1 Å². The highest BCUT2D eigenvalue weighted by atomic mass is 16.7. The summed E-state index contributed by atoms with van der Waals surface area (Å²) in [6.45, 7) is 6.82. The van der Waals surface area contributed by atoms with Crippen LogP contribution in [0.15, 0.2) is 0 Å². The third-order valence-electron chi connectivity index (χ3n) is 1.90. The Balaban J connectivity index is 3.28. The molecular weight excluding hydrogens is 196 g/mol. The van der Waals surface area contributed by atoms with Gasteiger partial charge in [-0.2, -0.15) is 0 Å². The lowest BCUT2D eigenvalue weighted by Crippen LogP contribution is -2.19. The minimum Gasteiger partial charge on any atom is -0.396 e. The first-order valence-electron chi connectivity index (χ1n) is 5.76. The highest BCUT2D eigenvalue weighted by molar-refractivity contribution is 4.45. The summed E-state index contributed by atoms with van der Waals surface area (Å²) < 4.78 is 16.1. The Morgan fingerprint density at radius 2 is 1.67 bits per heavy atom. The first-order chi connectivity index (χ1) is 7.35. The Morgan fingerprint density at radius 1 is 1.00 bits per heavy atom. The summed E-state index contributed by atoms with van der Waals surface area (Å²) in [7, 11) is 0. The summed E-state index contributed by atoms with van der Waals surface area (Å²) >= 11 is 0. The van der Waals surface area contributed by atoms with Crippen molar-refractivity contribution in [2.24, 2.45) is 0 Å². The van der Waals surface area contributed by atoms with Gasteiger partial charge in [0.1, 0.15) is 0 Å². The molecule has 0 amide bonds. The zero-order valence-corrected chi connectivity index (χ0v) is 9.91. The van der Waals surface area contributed by atoms with Crippen LogP contribution in [-0.4, -0.2) is 44.4 Å². The lowest BCUT2D eigenvalue weighted by atomic mass is 10.3. The predicted octanol–water partition coefficient (Wildman–Crippen LogP) is 1.56. The predicted molar refractivity (Wildman–Crippen MR) is 58.8 cm³/mol. The average molecular weight is 220 g/mol. The largest absolute Gasteiger partial charge is 0.396 e. The van der Waals surface area contributed by atoms with E-state index in [1.54, 1.807) is 0 Å². The van der Waals surface area contributed by atoms with Gasteiger partial charge in [0.25, 0.3) is 0 Å². The zero-order chi connectivity index (χ0) is 11.4. The molecule has 0 aliphatic rings. The van der Waals surface area contributed by atoms with Gasteiger partial charge in [-0.15, -0.1) is 0 Å². The van der Waals surface area contributed by atoms with Gasteiger partial charge in [-0.05, 0) is 26.7 Å². The van der Waals surface area contributed by atoms with Crippen LogP contribution >= 0.6 is 0 Å². The van der Waals surface area contributed by atoms with Crippen LogP contribution in [-0.2, 0) is 14.2 Å². The molecule has 0 aromatic heterocycles. The van der Waals surface area contributed by atoms with E-state index in [0.717, 1.165) is 19.3 Å². The van der Waals surface area contributed by atoms with E-state index < -0.39 is 0 Å². The molecule has 92 valence electrons. The minimum absolute atomic E-state index is 0.141. The molecule has 0 aliphatic carbocycles. The first-order valence-corrected chi connectivity index (χ1v) is 5.76. The van der Waals surface area contributed by atoms with Crippen molar-refractivity contribution in [3.8, 4) is 0 Å². The number of hydrogen-bond acceptors (Lipinski definition) is 4. The molecule has 0 saturated carbocycles. The van der Waals surface area contributed by atoms with Gasteiger partial charge in [-0.3, -0.25) is 0 Å².